The Balaban J connectivity index is 2.10. The summed E-state index contributed by atoms with van der Waals surface area (Å²) in [5, 5.41) is 11.1. The van der Waals surface area contributed by atoms with E-state index < -0.39 is 35.3 Å². The third-order valence-electron chi connectivity index (χ3n) is 3.56. The summed E-state index contributed by atoms with van der Waals surface area (Å²) < 4.78 is 38.9. The van der Waals surface area contributed by atoms with E-state index in [9.17, 15) is 22.8 Å². The molecule has 1 aliphatic heterocycles. The number of nitrogens with one attached hydrogen (secondary N) is 1. The third kappa shape index (κ3) is 4.35. The van der Waals surface area contributed by atoms with Gasteiger partial charge >= 0.3 is 12.1 Å². The summed E-state index contributed by atoms with van der Waals surface area (Å²) in [5.74, 6) is -1.75. The van der Waals surface area contributed by atoms with E-state index in [1.165, 1.54) is 11.0 Å². The zero-order chi connectivity index (χ0) is 17.2. The lowest BCUT2D eigenvalue weighted by molar-refractivity contribution is -0.142. The van der Waals surface area contributed by atoms with Gasteiger partial charge in [0, 0.05) is 5.02 Å². The molecule has 23 heavy (non-hydrogen) atoms. The fraction of sp³-hybridized carbons (Fsp3) is 0.429. The molecule has 1 amide bonds. The molecule has 0 bridgehead atoms. The highest BCUT2D eigenvalue weighted by Crippen LogP contribution is 2.36. The van der Waals surface area contributed by atoms with Crippen molar-refractivity contribution in [3.63, 3.8) is 0 Å². The maximum atomic E-state index is 13.0. The van der Waals surface area contributed by atoms with E-state index in [0.29, 0.717) is 19.4 Å². The highest BCUT2D eigenvalue weighted by molar-refractivity contribution is 6.30. The number of amides is 1. The largest absolute Gasteiger partial charge is 0.480 e. The molecule has 5 nitrogen and oxygen atoms in total. The zero-order valence-corrected chi connectivity index (χ0v) is 12.6. The van der Waals surface area contributed by atoms with Crippen LogP contribution in [0.15, 0.2) is 18.2 Å². The van der Waals surface area contributed by atoms with Gasteiger partial charge in [-0.3, -0.25) is 14.5 Å². The number of alkyl halides is 3. The van der Waals surface area contributed by atoms with Crippen molar-refractivity contribution < 1.29 is 27.9 Å². The topological polar surface area (TPSA) is 69.6 Å². The number of carboxylic acid groups (broad SMARTS) is 1. The van der Waals surface area contributed by atoms with Gasteiger partial charge in [-0.1, -0.05) is 11.6 Å². The Morgan fingerprint density at radius 3 is 2.70 bits per heavy atom. The molecule has 0 aliphatic carbocycles. The molecule has 0 unspecified atom stereocenters. The summed E-state index contributed by atoms with van der Waals surface area (Å²) in [5.41, 5.74) is -1.45. The normalized spacial score (nSPS) is 18.9. The van der Waals surface area contributed by atoms with Gasteiger partial charge in [0.15, 0.2) is 0 Å². The first-order chi connectivity index (χ1) is 10.7. The number of hydrogen-bond acceptors (Lipinski definition) is 3. The molecule has 1 aromatic carbocycles. The van der Waals surface area contributed by atoms with E-state index in [1.54, 1.807) is 0 Å². The number of anilines is 1. The van der Waals surface area contributed by atoms with Crippen LogP contribution < -0.4 is 5.32 Å². The summed E-state index contributed by atoms with van der Waals surface area (Å²) in [6, 6.07) is 2.25. The number of halogens is 4. The van der Waals surface area contributed by atoms with Gasteiger partial charge in [-0.2, -0.15) is 13.2 Å². The monoisotopic (exact) mass is 350 g/mol. The lowest BCUT2D eigenvalue weighted by Crippen LogP contribution is -2.41. The number of nitrogens with zero attached hydrogens (tertiary/aromatic N) is 1. The summed E-state index contributed by atoms with van der Waals surface area (Å²) in [7, 11) is 0. The molecule has 2 rings (SSSR count). The number of likely N-dealkylation sites (tertiary alicyclic amines) is 1. The van der Waals surface area contributed by atoms with Gasteiger partial charge in [0.05, 0.1) is 17.8 Å². The Kier molecular flexibility index (Phi) is 5.16. The SMILES string of the molecule is O=C(CN1CCC[C@H]1C(=O)O)Nc1ccc(Cl)cc1C(F)(F)F. The van der Waals surface area contributed by atoms with Crippen LogP contribution in [-0.4, -0.2) is 41.0 Å². The Labute approximate surface area is 135 Å². The Bertz CT molecular complexity index is 622. The molecule has 126 valence electrons. The second-order valence-electron chi connectivity index (χ2n) is 5.20. The number of aliphatic carboxylic acids is 1. The highest BCUT2D eigenvalue weighted by Gasteiger charge is 2.35. The van der Waals surface area contributed by atoms with Crippen LogP contribution in [-0.2, 0) is 15.8 Å². The quantitative estimate of drug-likeness (QED) is 0.876. The van der Waals surface area contributed by atoms with Crippen LogP contribution in [0.3, 0.4) is 0 Å². The van der Waals surface area contributed by atoms with Crippen molar-refractivity contribution in [2.45, 2.75) is 25.1 Å². The number of carboxylic acids is 1. The van der Waals surface area contributed by atoms with Crippen molar-refractivity contribution in [3.05, 3.63) is 28.8 Å². The van der Waals surface area contributed by atoms with Crippen molar-refractivity contribution in [3.8, 4) is 0 Å². The highest BCUT2D eigenvalue weighted by atomic mass is 35.5. The maximum Gasteiger partial charge on any atom is 0.418 e. The minimum atomic E-state index is -4.66. The molecule has 0 aromatic heterocycles. The Morgan fingerprint density at radius 2 is 2.09 bits per heavy atom. The van der Waals surface area contributed by atoms with Crippen LogP contribution in [0.2, 0.25) is 5.02 Å². The second kappa shape index (κ2) is 6.76. The number of carbonyl (C=O) groups is 2. The van der Waals surface area contributed by atoms with Gasteiger partial charge < -0.3 is 10.4 Å². The van der Waals surface area contributed by atoms with Gasteiger partial charge in [0.2, 0.25) is 5.91 Å². The second-order valence-corrected chi connectivity index (χ2v) is 5.64. The molecule has 0 radical (unpaired) electrons. The van der Waals surface area contributed by atoms with Crippen molar-refractivity contribution in [2.24, 2.45) is 0 Å². The van der Waals surface area contributed by atoms with Crippen molar-refractivity contribution in [2.75, 3.05) is 18.4 Å². The zero-order valence-electron chi connectivity index (χ0n) is 11.9. The molecule has 1 aromatic rings. The predicted octanol–water partition coefficient (Wildman–Crippen LogP) is 2.85. The first-order valence-electron chi connectivity index (χ1n) is 6.82. The van der Waals surface area contributed by atoms with Gasteiger partial charge in [0.1, 0.15) is 6.04 Å². The summed E-state index contributed by atoms with van der Waals surface area (Å²) in [6.07, 6.45) is -3.62. The van der Waals surface area contributed by atoms with Crippen LogP contribution in [0.1, 0.15) is 18.4 Å². The first-order valence-corrected chi connectivity index (χ1v) is 7.19. The lowest BCUT2D eigenvalue weighted by Gasteiger charge is -2.21. The molecule has 1 atom stereocenters. The average molecular weight is 351 g/mol. The standard InChI is InChI=1S/C14H14ClF3N2O3/c15-8-3-4-10(9(6-8)14(16,17)18)19-12(21)7-20-5-1-2-11(20)13(22)23/h3-4,6,11H,1-2,5,7H2,(H,19,21)(H,22,23)/t11-/m0/s1. The van der Waals surface area contributed by atoms with Crippen molar-refractivity contribution in [1.29, 1.82) is 0 Å². The molecule has 2 N–H and O–H groups in total. The van der Waals surface area contributed by atoms with Crippen molar-refractivity contribution >= 4 is 29.2 Å². The smallest absolute Gasteiger partial charge is 0.418 e. The molecule has 1 aliphatic rings. The minimum absolute atomic E-state index is 0.0965. The summed E-state index contributed by atoms with van der Waals surface area (Å²) in [6.45, 7) is 0.133. The average Bonchev–Trinajstić information content (AvgIpc) is 2.87. The predicted molar refractivity (Wildman–Crippen MR) is 77.3 cm³/mol. The molecular weight excluding hydrogens is 337 g/mol. The molecule has 1 saturated heterocycles. The summed E-state index contributed by atoms with van der Waals surface area (Å²) in [4.78, 5) is 24.4. The first kappa shape index (κ1) is 17.6. The molecule has 1 heterocycles. The van der Waals surface area contributed by atoms with E-state index >= 15 is 0 Å². The van der Waals surface area contributed by atoms with E-state index in [4.69, 9.17) is 16.7 Å². The Morgan fingerprint density at radius 1 is 1.39 bits per heavy atom. The summed E-state index contributed by atoms with van der Waals surface area (Å²) >= 11 is 5.56. The molecular formula is C14H14ClF3N2O3. The van der Waals surface area contributed by atoms with Crippen LogP contribution in [0.4, 0.5) is 18.9 Å². The van der Waals surface area contributed by atoms with E-state index in [-0.39, 0.29) is 11.6 Å². The fourth-order valence-corrected chi connectivity index (χ4v) is 2.70. The third-order valence-corrected chi connectivity index (χ3v) is 3.79. The molecule has 0 saturated carbocycles. The van der Waals surface area contributed by atoms with Crippen molar-refractivity contribution in [1.82, 2.24) is 4.90 Å². The number of rotatable bonds is 4. The Hall–Kier alpha value is -1.80. The van der Waals surface area contributed by atoms with Gasteiger partial charge in [-0.05, 0) is 37.6 Å². The van der Waals surface area contributed by atoms with Gasteiger partial charge in [-0.25, -0.2) is 0 Å². The van der Waals surface area contributed by atoms with Crippen LogP contribution in [0, 0.1) is 0 Å². The maximum absolute atomic E-state index is 13.0. The number of carbonyl (C=O) groups excluding carboxylic acids is 1. The molecule has 9 heteroatoms. The number of benzene rings is 1. The lowest BCUT2D eigenvalue weighted by atomic mass is 10.1. The van der Waals surface area contributed by atoms with Gasteiger partial charge in [0.25, 0.3) is 0 Å². The van der Waals surface area contributed by atoms with Crippen LogP contribution >= 0.6 is 11.6 Å². The molecule has 1 fully saturated rings. The molecule has 0 spiro atoms. The van der Waals surface area contributed by atoms with E-state index in [1.807, 2.05) is 0 Å². The van der Waals surface area contributed by atoms with Crippen LogP contribution in [0.25, 0.3) is 0 Å². The van der Waals surface area contributed by atoms with Crippen LogP contribution in [0.5, 0.6) is 0 Å². The van der Waals surface area contributed by atoms with Gasteiger partial charge in [-0.15, -0.1) is 0 Å². The minimum Gasteiger partial charge on any atom is -0.480 e. The van der Waals surface area contributed by atoms with E-state index in [2.05, 4.69) is 5.32 Å². The van der Waals surface area contributed by atoms with E-state index in [0.717, 1.165) is 12.1 Å². The number of hydrogen-bond donors (Lipinski definition) is 2. The fourth-order valence-electron chi connectivity index (χ4n) is 2.53.